The number of sulfonamides is 1. The molecule has 0 unspecified atom stereocenters. The molecule has 0 radical (unpaired) electrons. The van der Waals surface area contributed by atoms with E-state index in [9.17, 15) is 18.0 Å². The normalized spacial score (nSPS) is 13.1. The molecule has 4 aromatic rings. The SMILES string of the molecule is Cc1ccc(S(=O)(=O)Nc2ccc(Cl)cc2-c2cc(Br)cc(CCCN3C(=O)c4ccccc4C3=O)c2)cc1. The highest BCUT2D eigenvalue weighted by molar-refractivity contribution is 9.10. The average Bonchev–Trinajstić information content (AvgIpc) is 3.14. The summed E-state index contributed by atoms with van der Waals surface area (Å²) in [5.41, 5.74) is 4.59. The molecule has 39 heavy (non-hydrogen) atoms. The number of nitrogens with one attached hydrogen (secondary N) is 1. The fourth-order valence-electron chi connectivity index (χ4n) is 4.60. The van der Waals surface area contributed by atoms with Gasteiger partial charge in [0.05, 0.1) is 21.7 Å². The molecule has 5 rings (SSSR count). The van der Waals surface area contributed by atoms with Crippen LogP contribution in [0, 0.1) is 6.92 Å². The lowest BCUT2D eigenvalue weighted by Crippen LogP contribution is -2.30. The molecule has 0 saturated carbocycles. The van der Waals surface area contributed by atoms with Gasteiger partial charge in [0.15, 0.2) is 0 Å². The van der Waals surface area contributed by atoms with E-state index in [1.54, 1.807) is 66.7 Å². The van der Waals surface area contributed by atoms with Crippen LogP contribution in [0.4, 0.5) is 5.69 Å². The van der Waals surface area contributed by atoms with E-state index in [0.717, 1.165) is 21.2 Å². The second kappa shape index (κ2) is 11.0. The van der Waals surface area contributed by atoms with Gasteiger partial charge >= 0.3 is 0 Å². The number of benzene rings is 4. The summed E-state index contributed by atoms with van der Waals surface area (Å²) in [6.45, 7) is 2.19. The zero-order valence-corrected chi connectivity index (χ0v) is 24.1. The number of nitrogens with zero attached hydrogens (tertiary/aromatic N) is 1. The Labute approximate surface area is 240 Å². The first kappa shape index (κ1) is 27.1. The summed E-state index contributed by atoms with van der Waals surface area (Å²) >= 11 is 9.88. The van der Waals surface area contributed by atoms with Gasteiger partial charge in [0.2, 0.25) is 0 Å². The van der Waals surface area contributed by atoms with Gasteiger partial charge in [-0.1, -0.05) is 63.4 Å². The van der Waals surface area contributed by atoms with Crippen LogP contribution in [-0.4, -0.2) is 31.7 Å². The van der Waals surface area contributed by atoms with E-state index in [0.29, 0.717) is 46.8 Å². The van der Waals surface area contributed by atoms with E-state index >= 15 is 0 Å². The lowest BCUT2D eigenvalue weighted by molar-refractivity contribution is 0.0652. The second-order valence-electron chi connectivity index (χ2n) is 9.37. The summed E-state index contributed by atoms with van der Waals surface area (Å²) < 4.78 is 29.7. The Morgan fingerprint density at radius 3 is 2.18 bits per heavy atom. The van der Waals surface area contributed by atoms with Crippen LogP contribution in [0.15, 0.2) is 94.3 Å². The van der Waals surface area contributed by atoms with E-state index < -0.39 is 10.0 Å². The highest BCUT2D eigenvalue weighted by Gasteiger charge is 2.34. The van der Waals surface area contributed by atoms with E-state index in [2.05, 4.69) is 20.7 Å². The van der Waals surface area contributed by atoms with Crippen LogP contribution >= 0.6 is 27.5 Å². The lowest BCUT2D eigenvalue weighted by Gasteiger charge is -2.16. The van der Waals surface area contributed by atoms with Crippen molar-refractivity contribution in [3.63, 3.8) is 0 Å². The molecule has 1 aliphatic rings. The summed E-state index contributed by atoms with van der Waals surface area (Å²) in [4.78, 5) is 26.8. The Morgan fingerprint density at radius 2 is 1.51 bits per heavy atom. The van der Waals surface area contributed by atoms with Gasteiger partial charge in [-0.15, -0.1) is 0 Å². The van der Waals surface area contributed by atoms with Crippen molar-refractivity contribution in [2.45, 2.75) is 24.7 Å². The first-order valence-corrected chi connectivity index (χ1v) is 14.9. The van der Waals surface area contributed by atoms with E-state index in [1.165, 1.54) is 4.90 Å². The standard InChI is InChI=1S/C30H24BrClN2O4S/c1-19-8-11-24(12-9-19)39(37,38)33-28-13-10-23(32)18-27(28)21-15-20(16-22(31)17-21)5-4-14-34-29(35)25-6-2-3-7-26(25)30(34)36/h2-3,6-13,15-18,33H,4-5,14H2,1H3. The minimum atomic E-state index is -3.82. The maximum Gasteiger partial charge on any atom is 0.261 e. The molecule has 4 aromatic carbocycles. The predicted molar refractivity (Wildman–Crippen MR) is 157 cm³/mol. The fourth-order valence-corrected chi connectivity index (χ4v) is 6.39. The van der Waals surface area contributed by atoms with Crippen molar-refractivity contribution in [3.05, 3.63) is 117 Å². The summed E-state index contributed by atoms with van der Waals surface area (Å²) in [5, 5.41) is 0.468. The maximum atomic E-state index is 13.1. The van der Waals surface area contributed by atoms with Crippen molar-refractivity contribution in [3.8, 4) is 11.1 Å². The molecule has 0 aromatic heterocycles. The number of hydrogen-bond donors (Lipinski definition) is 1. The van der Waals surface area contributed by atoms with Crippen molar-refractivity contribution < 1.29 is 18.0 Å². The maximum absolute atomic E-state index is 13.1. The van der Waals surface area contributed by atoms with Gasteiger partial charge in [-0.25, -0.2) is 8.42 Å². The van der Waals surface area contributed by atoms with E-state index in [4.69, 9.17) is 11.6 Å². The van der Waals surface area contributed by atoms with Gasteiger partial charge in [0.25, 0.3) is 21.8 Å². The lowest BCUT2D eigenvalue weighted by atomic mass is 9.99. The van der Waals surface area contributed by atoms with Crippen molar-refractivity contribution in [1.82, 2.24) is 4.90 Å². The third kappa shape index (κ3) is 5.78. The third-order valence-corrected chi connectivity index (χ3v) is 8.63. The number of carbonyl (C=O) groups excluding carboxylic acids is 2. The minimum absolute atomic E-state index is 0.164. The molecule has 0 fully saturated rings. The van der Waals surface area contributed by atoms with Crippen molar-refractivity contribution in [2.24, 2.45) is 0 Å². The number of carbonyl (C=O) groups is 2. The van der Waals surface area contributed by atoms with Gasteiger partial charge in [0.1, 0.15) is 0 Å². The zero-order chi connectivity index (χ0) is 27.7. The van der Waals surface area contributed by atoms with Gasteiger partial charge < -0.3 is 0 Å². The molecule has 9 heteroatoms. The van der Waals surface area contributed by atoms with Crippen LogP contribution in [0.2, 0.25) is 5.02 Å². The van der Waals surface area contributed by atoms with Crippen LogP contribution in [0.25, 0.3) is 11.1 Å². The van der Waals surface area contributed by atoms with E-state index in [1.807, 2.05) is 25.1 Å². The number of rotatable bonds is 8. The van der Waals surface area contributed by atoms with Gasteiger partial charge in [-0.3, -0.25) is 19.2 Å². The van der Waals surface area contributed by atoms with Crippen molar-refractivity contribution in [1.29, 1.82) is 0 Å². The van der Waals surface area contributed by atoms with Crippen LogP contribution < -0.4 is 4.72 Å². The quantitative estimate of drug-likeness (QED) is 0.212. The van der Waals surface area contributed by atoms with Crippen LogP contribution in [0.1, 0.15) is 38.3 Å². The molecule has 1 aliphatic heterocycles. The number of anilines is 1. The van der Waals surface area contributed by atoms with Gasteiger partial charge in [-0.2, -0.15) is 0 Å². The Morgan fingerprint density at radius 1 is 0.846 bits per heavy atom. The number of hydrogen-bond acceptors (Lipinski definition) is 4. The van der Waals surface area contributed by atoms with E-state index in [-0.39, 0.29) is 16.7 Å². The number of imide groups is 1. The second-order valence-corrected chi connectivity index (χ2v) is 12.4. The number of amides is 2. The molecule has 198 valence electrons. The molecular weight excluding hydrogens is 600 g/mol. The average molecular weight is 624 g/mol. The predicted octanol–water partition coefficient (Wildman–Crippen LogP) is 7.11. The van der Waals surface area contributed by atoms with Gasteiger partial charge in [0, 0.05) is 21.6 Å². The summed E-state index contributed by atoms with van der Waals surface area (Å²) in [6, 6.07) is 24.3. The number of aryl methyl sites for hydroxylation is 2. The highest BCUT2D eigenvalue weighted by Crippen LogP contribution is 2.35. The van der Waals surface area contributed by atoms with Crippen LogP contribution in [0.3, 0.4) is 0 Å². The minimum Gasteiger partial charge on any atom is -0.279 e. The molecule has 1 heterocycles. The smallest absolute Gasteiger partial charge is 0.261 e. The van der Waals surface area contributed by atoms with Crippen molar-refractivity contribution >= 4 is 55.1 Å². The Bertz CT molecular complexity index is 1670. The van der Waals surface area contributed by atoms with Gasteiger partial charge in [-0.05, 0) is 85.5 Å². The molecule has 0 spiro atoms. The number of fused-ring (bicyclic) bond motifs is 1. The first-order chi connectivity index (χ1) is 18.6. The molecular formula is C30H24BrClN2O4S. The summed E-state index contributed by atoms with van der Waals surface area (Å²) in [5.74, 6) is -0.537. The molecule has 0 saturated heterocycles. The number of halogens is 2. The highest BCUT2D eigenvalue weighted by atomic mass is 79.9. The third-order valence-electron chi connectivity index (χ3n) is 6.55. The summed E-state index contributed by atoms with van der Waals surface area (Å²) in [7, 11) is -3.82. The molecule has 6 nitrogen and oxygen atoms in total. The monoisotopic (exact) mass is 622 g/mol. The first-order valence-electron chi connectivity index (χ1n) is 12.3. The van der Waals surface area contributed by atoms with Crippen molar-refractivity contribution in [2.75, 3.05) is 11.3 Å². The Kier molecular flexibility index (Phi) is 7.62. The largest absolute Gasteiger partial charge is 0.279 e. The van der Waals surface area contributed by atoms with Crippen LogP contribution in [0.5, 0.6) is 0 Å². The molecule has 2 amide bonds. The zero-order valence-electron chi connectivity index (χ0n) is 20.9. The Balaban J connectivity index is 1.36. The Hall–Kier alpha value is -3.46. The molecule has 0 aliphatic carbocycles. The summed E-state index contributed by atoms with van der Waals surface area (Å²) in [6.07, 6.45) is 1.18. The fraction of sp³-hybridized carbons (Fsp3) is 0.133. The topological polar surface area (TPSA) is 83.6 Å². The molecule has 0 bridgehead atoms. The molecule has 1 N–H and O–H groups in total. The molecule has 0 atom stereocenters. The van der Waals surface area contributed by atoms with Crippen LogP contribution in [-0.2, 0) is 16.4 Å².